The normalized spacial score (nSPS) is 16.9. The van der Waals surface area contributed by atoms with E-state index in [1.54, 1.807) is 11.3 Å². The third kappa shape index (κ3) is 11.7. The highest BCUT2D eigenvalue weighted by Gasteiger charge is 2.44. The van der Waals surface area contributed by atoms with Crippen LogP contribution < -0.4 is 10.6 Å². The van der Waals surface area contributed by atoms with Crippen LogP contribution in [0.3, 0.4) is 0 Å². The van der Waals surface area contributed by atoms with E-state index in [1.807, 2.05) is 57.5 Å². The smallest absolute Gasteiger partial charge is 0.246 e. The SMILES string of the molecule is Cc1ncsc1-c1ccc(CNC(=O)C2CC(O)CN2C(=O)C(NC(=O)COCCCOCCCCCN=[N+]=[N-])C(C)(C)C)cc1. The monoisotopic (exact) mass is 657 g/mol. The summed E-state index contributed by atoms with van der Waals surface area (Å²) in [7, 11) is 0. The molecule has 3 amide bonds. The van der Waals surface area contributed by atoms with Gasteiger partial charge >= 0.3 is 0 Å². The van der Waals surface area contributed by atoms with Crippen LogP contribution in [-0.2, 0) is 30.4 Å². The summed E-state index contributed by atoms with van der Waals surface area (Å²) < 4.78 is 11.1. The van der Waals surface area contributed by atoms with Crippen molar-refractivity contribution in [2.45, 2.75) is 84.5 Å². The van der Waals surface area contributed by atoms with E-state index >= 15 is 0 Å². The van der Waals surface area contributed by atoms with E-state index < -0.39 is 35.4 Å². The Morgan fingerprint density at radius 2 is 1.85 bits per heavy atom. The second-order valence-corrected chi connectivity index (χ2v) is 13.3. The number of nitrogens with one attached hydrogen (secondary N) is 2. The third-order valence-electron chi connectivity index (χ3n) is 7.63. The lowest BCUT2D eigenvalue weighted by molar-refractivity contribution is -0.144. The molecule has 3 N–H and O–H groups in total. The fourth-order valence-corrected chi connectivity index (χ4v) is 5.93. The quantitative estimate of drug-likeness (QED) is 0.0933. The van der Waals surface area contributed by atoms with Crippen LogP contribution in [0.15, 0.2) is 34.9 Å². The first-order valence-corrected chi connectivity index (χ1v) is 16.6. The molecule has 0 spiro atoms. The predicted molar refractivity (Wildman–Crippen MR) is 176 cm³/mol. The Morgan fingerprint density at radius 3 is 2.52 bits per heavy atom. The second-order valence-electron chi connectivity index (χ2n) is 12.5. The maximum atomic E-state index is 13.8. The zero-order chi connectivity index (χ0) is 33.5. The van der Waals surface area contributed by atoms with Gasteiger partial charge in [0.25, 0.3) is 0 Å². The van der Waals surface area contributed by atoms with Crippen LogP contribution in [0.5, 0.6) is 0 Å². The number of carbonyl (C=O) groups is 3. The summed E-state index contributed by atoms with van der Waals surface area (Å²) in [6.07, 6.45) is 2.53. The average molecular weight is 658 g/mol. The molecule has 3 rings (SSSR count). The largest absolute Gasteiger partial charge is 0.391 e. The number of likely N-dealkylation sites (tertiary alicyclic amines) is 1. The highest BCUT2D eigenvalue weighted by Crippen LogP contribution is 2.28. The van der Waals surface area contributed by atoms with Crippen LogP contribution in [-0.4, -0.2) is 90.4 Å². The number of thiazole rings is 1. The number of aryl methyl sites for hydroxylation is 1. The average Bonchev–Trinajstić information content (AvgIpc) is 3.63. The first kappa shape index (κ1) is 36.9. The topological polar surface area (TPSA) is 179 Å². The van der Waals surface area contributed by atoms with Crippen molar-refractivity contribution in [1.82, 2.24) is 20.5 Å². The molecule has 0 saturated carbocycles. The van der Waals surface area contributed by atoms with Gasteiger partial charge in [-0.25, -0.2) is 4.98 Å². The van der Waals surface area contributed by atoms with Crippen LogP contribution in [0.4, 0.5) is 0 Å². The summed E-state index contributed by atoms with van der Waals surface area (Å²) in [4.78, 5) is 49.3. The molecule has 1 aliphatic rings. The number of aromatic nitrogens is 1. The maximum Gasteiger partial charge on any atom is 0.246 e. The zero-order valence-corrected chi connectivity index (χ0v) is 28.1. The molecule has 1 saturated heterocycles. The number of aliphatic hydroxyl groups is 1. The Hall–Kier alpha value is -3.55. The number of β-amino-alcohol motifs (C(OH)–C–C–N with tert-alkyl or cyclic N) is 1. The molecular weight excluding hydrogens is 610 g/mol. The maximum absolute atomic E-state index is 13.8. The van der Waals surface area contributed by atoms with Crippen molar-refractivity contribution in [3.8, 4) is 10.4 Å². The van der Waals surface area contributed by atoms with Gasteiger partial charge in [0.05, 0.1) is 22.2 Å². The highest BCUT2D eigenvalue weighted by atomic mass is 32.1. The summed E-state index contributed by atoms with van der Waals surface area (Å²) in [6.45, 7) is 9.47. The van der Waals surface area contributed by atoms with E-state index in [9.17, 15) is 19.5 Å². The number of rotatable bonds is 18. The van der Waals surface area contributed by atoms with Gasteiger partial charge in [-0.1, -0.05) is 56.6 Å². The molecule has 2 heterocycles. The van der Waals surface area contributed by atoms with Crippen LogP contribution >= 0.6 is 11.3 Å². The van der Waals surface area contributed by atoms with Gasteiger partial charge in [0.15, 0.2) is 0 Å². The van der Waals surface area contributed by atoms with E-state index in [1.165, 1.54) is 4.90 Å². The number of azide groups is 1. The minimum atomic E-state index is -0.922. The summed E-state index contributed by atoms with van der Waals surface area (Å²) in [5, 5.41) is 19.6. The fraction of sp³-hybridized carbons (Fsp3) is 0.625. The lowest BCUT2D eigenvalue weighted by Crippen LogP contribution is -2.58. The molecular formula is C32H47N7O6S. The molecule has 46 heavy (non-hydrogen) atoms. The Kier molecular flexibility index (Phi) is 14.9. The number of carbonyl (C=O) groups excluding carboxylic acids is 3. The predicted octanol–water partition coefficient (Wildman–Crippen LogP) is 4.13. The molecule has 2 aromatic rings. The molecule has 0 radical (unpaired) electrons. The van der Waals surface area contributed by atoms with Gasteiger partial charge in [-0.15, -0.1) is 11.3 Å². The van der Waals surface area contributed by atoms with E-state index in [-0.39, 0.29) is 32.0 Å². The number of benzene rings is 1. The van der Waals surface area contributed by atoms with Crippen molar-refractivity contribution >= 4 is 29.1 Å². The molecule has 13 nitrogen and oxygen atoms in total. The molecule has 1 aromatic carbocycles. The number of hydrogen-bond donors (Lipinski definition) is 3. The molecule has 14 heteroatoms. The summed E-state index contributed by atoms with van der Waals surface area (Å²) in [5.41, 5.74) is 12.3. The van der Waals surface area contributed by atoms with Gasteiger partial charge in [-0.3, -0.25) is 14.4 Å². The molecule has 3 unspecified atom stereocenters. The van der Waals surface area contributed by atoms with Crippen LogP contribution in [0, 0.1) is 12.3 Å². The van der Waals surface area contributed by atoms with E-state index in [0.29, 0.717) is 32.8 Å². The Morgan fingerprint density at radius 1 is 1.13 bits per heavy atom. The van der Waals surface area contributed by atoms with Crippen molar-refractivity contribution in [2.75, 3.05) is 39.5 Å². The van der Waals surface area contributed by atoms with Gasteiger partial charge in [0.2, 0.25) is 17.7 Å². The summed E-state index contributed by atoms with van der Waals surface area (Å²) in [5.74, 6) is -1.22. The Bertz CT molecular complexity index is 1320. The number of hydrogen-bond acceptors (Lipinski definition) is 9. The van der Waals surface area contributed by atoms with Gasteiger partial charge in [-0.2, -0.15) is 0 Å². The van der Waals surface area contributed by atoms with Crippen LogP contribution in [0.1, 0.15) is 64.1 Å². The van der Waals surface area contributed by atoms with E-state index in [4.69, 9.17) is 15.0 Å². The van der Waals surface area contributed by atoms with Crippen LogP contribution in [0.25, 0.3) is 20.9 Å². The van der Waals surface area contributed by atoms with Crippen molar-refractivity contribution in [3.63, 3.8) is 0 Å². The number of ether oxygens (including phenoxy) is 2. The number of aliphatic hydroxyl groups excluding tert-OH is 1. The van der Waals surface area contributed by atoms with Gasteiger partial charge in [-0.05, 0) is 48.3 Å². The third-order valence-corrected chi connectivity index (χ3v) is 8.61. The molecule has 0 aliphatic carbocycles. The van der Waals surface area contributed by atoms with Gasteiger partial charge < -0.3 is 30.1 Å². The minimum absolute atomic E-state index is 0.00652. The summed E-state index contributed by atoms with van der Waals surface area (Å²) >= 11 is 1.58. The first-order chi connectivity index (χ1) is 22.0. The lowest BCUT2D eigenvalue weighted by atomic mass is 9.85. The highest BCUT2D eigenvalue weighted by molar-refractivity contribution is 7.13. The molecule has 0 bridgehead atoms. The molecule has 1 aliphatic heterocycles. The van der Waals surface area contributed by atoms with Crippen molar-refractivity contribution in [2.24, 2.45) is 10.5 Å². The Labute approximate surface area is 274 Å². The molecule has 252 valence electrons. The van der Waals surface area contributed by atoms with E-state index in [0.717, 1.165) is 41.0 Å². The van der Waals surface area contributed by atoms with Crippen molar-refractivity contribution in [1.29, 1.82) is 0 Å². The number of nitrogens with zero attached hydrogens (tertiary/aromatic N) is 5. The number of unbranched alkanes of at least 4 members (excludes halogenated alkanes) is 2. The number of amides is 3. The first-order valence-electron chi connectivity index (χ1n) is 15.7. The van der Waals surface area contributed by atoms with Crippen molar-refractivity contribution < 1.29 is 29.0 Å². The molecule has 3 atom stereocenters. The standard InChI is InChI=1S/C32H47N7O6S/c1-22-28(46-21-35-22)24-11-9-23(10-12-24)18-34-30(42)26-17-25(40)19-39(26)31(43)29(32(2,3)4)37-27(41)20-45-16-8-15-44-14-7-5-6-13-36-38-33/h9-12,21,25-26,29,40H,5-8,13-20H2,1-4H3,(H,34,42)(H,37,41). The fourth-order valence-electron chi connectivity index (χ4n) is 5.12. The van der Waals surface area contributed by atoms with Gasteiger partial charge in [0, 0.05) is 50.8 Å². The second kappa shape index (κ2) is 18.6. The van der Waals surface area contributed by atoms with Crippen LogP contribution in [0.2, 0.25) is 0 Å². The van der Waals surface area contributed by atoms with Gasteiger partial charge in [0.1, 0.15) is 18.7 Å². The zero-order valence-electron chi connectivity index (χ0n) is 27.2. The van der Waals surface area contributed by atoms with E-state index in [2.05, 4.69) is 25.6 Å². The summed E-state index contributed by atoms with van der Waals surface area (Å²) in [6, 6.07) is 6.09. The molecule has 1 fully saturated rings. The lowest BCUT2D eigenvalue weighted by Gasteiger charge is -2.35. The molecule has 1 aromatic heterocycles. The Balaban J connectivity index is 1.45. The minimum Gasteiger partial charge on any atom is -0.391 e. The van der Waals surface area contributed by atoms with Crippen molar-refractivity contribution in [3.05, 3.63) is 51.5 Å².